The van der Waals surface area contributed by atoms with Crippen LogP contribution in [-0.2, 0) is 4.79 Å². The maximum atomic E-state index is 12.7. The molecule has 2 amide bonds. The molecule has 0 unspecified atom stereocenters. The molecule has 0 radical (unpaired) electrons. The number of ether oxygens (including phenoxy) is 1. The van der Waals surface area contributed by atoms with Crippen molar-refractivity contribution in [3.8, 4) is 5.75 Å². The van der Waals surface area contributed by atoms with Gasteiger partial charge in [0.1, 0.15) is 5.75 Å². The van der Waals surface area contributed by atoms with Gasteiger partial charge in [-0.2, -0.15) is 0 Å². The molecule has 0 aliphatic rings. The number of carbonyl (C=O) groups excluding carboxylic acids is 3. The summed E-state index contributed by atoms with van der Waals surface area (Å²) in [5.41, 5.74) is 1.82. The SMILES string of the molecule is COc1cccc(NC(=O)c2ccccc2NC(=O)CCC(=O)c2ccc(Br)cc2)c1. The van der Waals surface area contributed by atoms with E-state index in [-0.39, 0.29) is 30.4 Å². The predicted octanol–water partition coefficient (Wildman–Crippen LogP) is 5.31. The summed E-state index contributed by atoms with van der Waals surface area (Å²) in [5, 5.41) is 5.53. The summed E-state index contributed by atoms with van der Waals surface area (Å²) in [6.45, 7) is 0. The number of amides is 2. The Morgan fingerprint density at radius 1 is 0.871 bits per heavy atom. The molecule has 3 aromatic rings. The standard InChI is InChI=1S/C24H21BrN2O4/c1-31-19-6-4-5-18(15-19)26-24(30)20-7-2-3-8-21(20)27-23(29)14-13-22(28)16-9-11-17(25)12-10-16/h2-12,15H,13-14H2,1H3,(H,26,30)(H,27,29). The van der Waals surface area contributed by atoms with Crippen LogP contribution < -0.4 is 15.4 Å². The van der Waals surface area contributed by atoms with Crippen LogP contribution in [0.25, 0.3) is 0 Å². The fraction of sp³-hybridized carbons (Fsp3) is 0.125. The van der Waals surface area contributed by atoms with E-state index in [0.29, 0.717) is 28.3 Å². The first-order chi connectivity index (χ1) is 15.0. The van der Waals surface area contributed by atoms with Gasteiger partial charge in [-0.05, 0) is 36.4 Å². The van der Waals surface area contributed by atoms with Crippen LogP contribution in [0.15, 0.2) is 77.3 Å². The second kappa shape index (κ2) is 10.5. The van der Waals surface area contributed by atoms with Gasteiger partial charge in [0.15, 0.2) is 5.78 Å². The molecule has 0 heterocycles. The highest BCUT2D eigenvalue weighted by Gasteiger charge is 2.15. The number of benzene rings is 3. The van der Waals surface area contributed by atoms with E-state index < -0.39 is 0 Å². The second-order valence-corrected chi connectivity index (χ2v) is 7.63. The quantitative estimate of drug-likeness (QED) is 0.427. The number of anilines is 2. The Labute approximate surface area is 188 Å². The van der Waals surface area contributed by atoms with E-state index in [9.17, 15) is 14.4 Å². The van der Waals surface area contributed by atoms with Crippen molar-refractivity contribution in [1.82, 2.24) is 0 Å². The number of nitrogens with one attached hydrogen (secondary N) is 2. The highest BCUT2D eigenvalue weighted by Crippen LogP contribution is 2.21. The lowest BCUT2D eigenvalue weighted by molar-refractivity contribution is -0.116. The molecule has 31 heavy (non-hydrogen) atoms. The molecule has 0 atom stereocenters. The monoisotopic (exact) mass is 480 g/mol. The third-order valence-electron chi connectivity index (χ3n) is 4.52. The van der Waals surface area contributed by atoms with Gasteiger partial charge in [-0.1, -0.05) is 46.3 Å². The molecule has 3 rings (SSSR count). The first-order valence-electron chi connectivity index (χ1n) is 9.59. The largest absolute Gasteiger partial charge is 0.497 e. The number of methoxy groups -OCH3 is 1. The minimum atomic E-state index is -0.366. The molecule has 0 fully saturated rings. The van der Waals surface area contributed by atoms with Crippen molar-refractivity contribution >= 4 is 44.9 Å². The van der Waals surface area contributed by atoms with Crippen molar-refractivity contribution in [2.45, 2.75) is 12.8 Å². The van der Waals surface area contributed by atoms with Gasteiger partial charge < -0.3 is 15.4 Å². The molecule has 2 N–H and O–H groups in total. The minimum Gasteiger partial charge on any atom is -0.497 e. The number of halogens is 1. The van der Waals surface area contributed by atoms with E-state index in [2.05, 4.69) is 26.6 Å². The Morgan fingerprint density at radius 3 is 2.35 bits per heavy atom. The fourth-order valence-electron chi connectivity index (χ4n) is 2.91. The first kappa shape index (κ1) is 22.2. The van der Waals surface area contributed by atoms with Gasteiger partial charge in [0.05, 0.1) is 18.4 Å². The fourth-order valence-corrected chi connectivity index (χ4v) is 3.17. The van der Waals surface area contributed by atoms with Crippen molar-refractivity contribution < 1.29 is 19.1 Å². The van der Waals surface area contributed by atoms with Crippen molar-refractivity contribution in [2.24, 2.45) is 0 Å². The molecule has 158 valence electrons. The van der Waals surface area contributed by atoms with Crippen LogP contribution >= 0.6 is 15.9 Å². The van der Waals surface area contributed by atoms with Crippen molar-refractivity contribution in [3.05, 3.63) is 88.4 Å². The maximum Gasteiger partial charge on any atom is 0.257 e. The predicted molar refractivity (Wildman–Crippen MR) is 124 cm³/mol. The summed E-state index contributed by atoms with van der Waals surface area (Å²) in [7, 11) is 1.55. The molecule has 0 aliphatic heterocycles. The van der Waals surface area contributed by atoms with E-state index in [1.54, 1.807) is 79.9 Å². The lowest BCUT2D eigenvalue weighted by atomic mass is 10.1. The third-order valence-corrected chi connectivity index (χ3v) is 5.05. The summed E-state index contributed by atoms with van der Waals surface area (Å²) in [4.78, 5) is 37.4. The van der Waals surface area contributed by atoms with Crippen LogP contribution in [0, 0.1) is 0 Å². The van der Waals surface area contributed by atoms with Gasteiger partial charge in [0.25, 0.3) is 5.91 Å². The van der Waals surface area contributed by atoms with Crippen molar-refractivity contribution in [1.29, 1.82) is 0 Å². The maximum absolute atomic E-state index is 12.7. The van der Waals surface area contributed by atoms with Gasteiger partial charge in [-0.3, -0.25) is 14.4 Å². The topological polar surface area (TPSA) is 84.5 Å². The lowest BCUT2D eigenvalue weighted by Crippen LogP contribution is -2.18. The van der Waals surface area contributed by atoms with E-state index in [4.69, 9.17) is 4.74 Å². The molecule has 0 aromatic heterocycles. The summed E-state index contributed by atoms with van der Waals surface area (Å²) >= 11 is 3.33. The van der Waals surface area contributed by atoms with Crippen LogP contribution in [0.3, 0.4) is 0 Å². The number of para-hydroxylation sites is 1. The Hall–Kier alpha value is -3.45. The Kier molecular flexibility index (Phi) is 7.56. The zero-order valence-corrected chi connectivity index (χ0v) is 18.4. The van der Waals surface area contributed by atoms with Crippen LogP contribution in [0.5, 0.6) is 5.75 Å². The Bertz CT molecular complexity index is 1100. The van der Waals surface area contributed by atoms with Gasteiger partial charge in [0.2, 0.25) is 5.91 Å². The molecular formula is C24H21BrN2O4. The second-order valence-electron chi connectivity index (χ2n) is 6.71. The van der Waals surface area contributed by atoms with Crippen LogP contribution in [0.2, 0.25) is 0 Å². The summed E-state index contributed by atoms with van der Waals surface area (Å²) in [6, 6.07) is 20.7. The minimum absolute atomic E-state index is 0.0146. The number of carbonyl (C=O) groups is 3. The van der Waals surface area contributed by atoms with Gasteiger partial charge in [-0.25, -0.2) is 0 Å². The average molecular weight is 481 g/mol. The van der Waals surface area contributed by atoms with Crippen LogP contribution in [-0.4, -0.2) is 24.7 Å². The summed E-state index contributed by atoms with van der Waals surface area (Å²) in [5.74, 6) is -0.205. The van der Waals surface area contributed by atoms with Gasteiger partial charge in [0, 0.05) is 34.6 Å². The van der Waals surface area contributed by atoms with Gasteiger partial charge in [-0.15, -0.1) is 0 Å². The number of ketones is 1. The average Bonchev–Trinajstić information content (AvgIpc) is 2.78. The molecule has 6 nitrogen and oxygen atoms in total. The molecule has 0 spiro atoms. The molecule has 0 bridgehead atoms. The zero-order valence-electron chi connectivity index (χ0n) is 16.9. The zero-order chi connectivity index (χ0) is 22.2. The highest BCUT2D eigenvalue weighted by molar-refractivity contribution is 9.10. The van der Waals surface area contributed by atoms with Crippen LogP contribution in [0.1, 0.15) is 33.6 Å². The van der Waals surface area contributed by atoms with E-state index in [0.717, 1.165) is 4.47 Å². The Morgan fingerprint density at radius 2 is 1.61 bits per heavy atom. The normalized spacial score (nSPS) is 10.3. The molecule has 7 heteroatoms. The number of hydrogen-bond acceptors (Lipinski definition) is 4. The number of hydrogen-bond donors (Lipinski definition) is 2. The third kappa shape index (κ3) is 6.26. The molecule has 0 aliphatic carbocycles. The molecule has 0 saturated heterocycles. The molecule has 3 aromatic carbocycles. The number of rotatable bonds is 8. The first-order valence-corrected chi connectivity index (χ1v) is 10.4. The highest BCUT2D eigenvalue weighted by atomic mass is 79.9. The molecular weight excluding hydrogens is 460 g/mol. The van der Waals surface area contributed by atoms with E-state index in [1.807, 2.05) is 0 Å². The Balaban J connectivity index is 1.62. The molecule has 0 saturated carbocycles. The van der Waals surface area contributed by atoms with Crippen molar-refractivity contribution in [2.75, 3.05) is 17.7 Å². The summed E-state index contributed by atoms with van der Waals surface area (Å²) in [6.07, 6.45) is 0.0897. The lowest BCUT2D eigenvalue weighted by Gasteiger charge is -2.12. The smallest absolute Gasteiger partial charge is 0.257 e. The van der Waals surface area contributed by atoms with E-state index >= 15 is 0 Å². The van der Waals surface area contributed by atoms with E-state index in [1.165, 1.54) is 0 Å². The number of Topliss-reactive ketones (excluding diaryl/α,β-unsaturated/α-hetero) is 1. The van der Waals surface area contributed by atoms with Crippen LogP contribution in [0.4, 0.5) is 11.4 Å². The summed E-state index contributed by atoms with van der Waals surface area (Å²) < 4.78 is 6.04. The van der Waals surface area contributed by atoms with Gasteiger partial charge >= 0.3 is 0 Å². The van der Waals surface area contributed by atoms with Crippen molar-refractivity contribution in [3.63, 3.8) is 0 Å².